The van der Waals surface area contributed by atoms with E-state index in [0.29, 0.717) is 0 Å². The molecule has 2 aliphatic rings. The monoisotopic (exact) mass is 261 g/mol. The van der Waals surface area contributed by atoms with Gasteiger partial charge < -0.3 is 10.1 Å². The Labute approximate surface area is 111 Å². The van der Waals surface area contributed by atoms with Crippen molar-refractivity contribution in [1.82, 2.24) is 5.32 Å². The summed E-state index contributed by atoms with van der Waals surface area (Å²) in [6, 6.07) is 6.34. The third-order valence-corrected chi connectivity index (χ3v) is 4.63. The number of carbonyl (C=O) groups is 1. The molecule has 2 heterocycles. The van der Waals surface area contributed by atoms with Gasteiger partial charge in [-0.1, -0.05) is 17.8 Å². The van der Waals surface area contributed by atoms with Crippen molar-refractivity contribution in [2.75, 3.05) is 7.11 Å². The molecule has 0 aliphatic carbocycles. The SMILES string of the molecule is COc1ccc2c(c1)SC1=C(C2)CC(C)NC1=O. The second kappa shape index (κ2) is 4.35. The van der Waals surface area contributed by atoms with E-state index in [-0.39, 0.29) is 11.9 Å². The van der Waals surface area contributed by atoms with E-state index in [1.807, 2.05) is 12.1 Å². The maximum Gasteiger partial charge on any atom is 0.258 e. The molecule has 3 rings (SSSR count). The molecule has 18 heavy (non-hydrogen) atoms. The van der Waals surface area contributed by atoms with Crippen molar-refractivity contribution in [3.63, 3.8) is 0 Å². The number of amides is 1. The first-order chi connectivity index (χ1) is 8.67. The minimum Gasteiger partial charge on any atom is -0.497 e. The molecule has 1 N–H and O–H groups in total. The predicted molar refractivity (Wildman–Crippen MR) is 71.8 cm³/mol. The highest BCUT2D eigenvalue weighted by atomic mass is 32.2. The number of hydrogen-bond donors (Lipinski definition) is 1. The number of carbonyl (C=O) groups excluding carboxylic acids is 1. The molecule has 0 spiro atoms. The Kier molecular flexibility index (Phi) is 2.82. The number of methoxy groups -OCH3 is 1. The number of benzene rings is 1. The van der Waals surface area contributed by atoms with Gasteiger partial charge in [-0.3, -0.25) is 4.79 Å². The van der Waals surface area contributed by atoms with Crippen LogP contribution in [0.2, 0.25) is 0 Å². The van der Waals surface area contributed by atoms with Gasteiger partial charge in [-0.05, 0) is 43.0 Å². The van der Waals surface area contributed by atoms with Gasteiger partial charge in [0.2, 0.25) is 0 Å². The molecule has 4 heteroatoms. The Bertz CT molecular complexity index is 551. The summed E-state index contributed by atoms with van der Waals surface area (Å²) in [5, 5.41) is 2.99. The molecule has 94 valence electrons. The first-order valence-corrected chi connectivity index (χ1v) is 6.86. The topological polar surface area (TPSA) is 38.3 Å². The minimum absolute atomic E-state index is 0.0715. The summed E-state index contributed by atoms with van der Waals surface area (Å²) in [4.78, 5) is 14.0. The van der Waals surface area contributed by atoms with Gasteiger partial charge in [0, 0.05) is 10.9 Å². The van der Waals surface area contributed by atoms with Gasteiger partial charge >= 0.3 is 0 Å². The quantitative estimate of drug-likeness (QED) is 0.844. The van der Waals surface area contributed by atoms with Crippen LogP contribution in [-0.4, -0.2) is 19.1 Å². The maximum absolute atomic E-state index is 12.0. The van der Waals surface area contributed by atoms with Crippen LogP contribution >= 0.6 is 11.8 Å². The van der Waals surface area contributed by atoms with E-state index in [4.69, 9.17) is 4.74 Å². The molecule has 1 aromatic carbocycles. The second-order valence-electron chi connectivity index (χ2n) is 4.76. The van der Waals surface area contributed by atoms with Crippen molar-refractivity contribution >= 4 is 17.7 Å². The average molecular weight is 261 g/mol. The molecule has 0 bridgehead atoms. The lowest BCUT2D eigenvalue weighted by molar-refractivity contribution is -0.117. The molecule has 2 aliphatic heterocycles. The van der Waals surface area contributed by atoms with Gasteiger partial charge in [0.1, 0.15) is 5.75 Å². The summed E-state index contributed by atoms with van der Waals surface area (Å²) in [5.74, 6) is 0.914. The number of fused-ring (bicyclic) bond motifs is 1. The number of ether oxygens (including phenoxy) is 1. The second-order valence-corrected chi connectivity index (χ2v) is 5.82. The van der Waals surface area contributed by atoms with Crippen LogP contribution in [0.3, 0.4) is 0 Å². The highest BCUT2D eigenvalue weighted by molar-refractivity contribution is 8.04. The number of nitrogens with one attached hydrogen (secondary N) is 1. The zero-order chi connectivity index (χ0) is 12.7. The Morgan fingerprint density at radius 2 is 2.28 bits per heavy atom. The molecule has 1 amide bonds. The molecule has 1 atom stereocenters. The van der Waals surface area contributed by atoms with Crippen molar-refractivity contribution in [3.8, 4) is 5.75 Å². The molecule has 3 nitrogen and oxygen atoms in total. The lowest BCUT2D eigenvalue weighted by Gasteiger charge is -2.29. The van der Waals surface area contributed by atoms with E-state index < -0.39 is 0 Å². The zero-order valence-corrected chi connectivity index (χ0v) is 11.3. The van der Waals surface area contributed by atoms with Gasteiger partial charge in [-0.15, -0.1) is 0 Å². The van der Waals surface area contributed by atoms with Crippen LogP contribution in [0.25, 0.3) is 0 Å². The van der Waals surface area contributed by atoms with E-state index in [2.05, 4.69) is 18.3 Å². The van der Waals surface area contributed by atoms with E-state index in [0.717, 1.165) is 28.4 Å². The number of hydrogen-bond acceptors (Lipinski definition) is 3. The summed E-state index contributed by atoms with van der Waals surface area (Å²) < 4.78 is 5.23. The van der Waals surface area contributed by atoms with E-state index in [1.54, 1.807) is 18.9 Å². The summed E-state index contributed by atoms with van der Waals surface area (Å²) in [6.07, 6.45) is 1.85. The molecule has 1 unspecified atom stereocenters. The van der Waals surface area contributed by atoms with Crippen LogP contribution < -0.4 is 10.1 Å². The molecular weight excluding hydrogens is 246 g/mol. The van der Waals surface area contributed by atoms with Gasteiger partial charge in [-0.2, -0.15) is 0 Å². The van der Waals surface area contributed by atoms with Gasteiger partial charge in [-0.25, -0.2) is 0 Å². The molecule has 0 aromatic heterocycles. The summed E-state index contributed by atoms with van der Waals surface area (Å²) in [5.41, 5.74) is 2.57. The highest BCUT2D eigenvalue weighted by Crippen LogP contribution is 2.42. The standard InChI is InChI=1S/C14H15NO2S/c1-8-5-10-6-9-3-4-11(17-2)7-12(9)18-13(10)14(16)15-8/h3-4,7-8H,5-6H2,1-2H3,(H,15,16). The van der Waals surface area contributed by atoms with Gasteiger partial charge in [0.15, 0.2) is 0 Å². The third-order valence-electron chi connectivity index (χ3n) is 3.35. The number of thioether (sulfide) groups is 1. The molecule has 0 fully saturated rings. The third kappa shape index (κ3) is 1.90. The van der Waals surface area contributed by atoms with E-state index in [1.165, 1.54) is 11.1 Å². The Hall–Kier alpha value is -1.42. The Balaban J connectivity index is 1.98. The number of rotatable bonds is 1. The van der Waals surface area contributed by atoms with Crippen molar-refractivity contribution in [2.45, 2.75) is 30.7 Å². The van der Waals surface area contributed by atoms with E-state index in [9.17, 15) is 4.79 Å². The minimum atomic E-state index is 0.0715. The smallest absolute Gasteiger partial charge is 0.258 e. The van der Waals surface area contributed by atoms with Crippen LogP contribution in [0.1, 0.15) is 18.9 Å². The van der Waals surface area contributed by atoms with Crippen LogP contribution in [0.4, 0.5) is 0 Å². The molecular formula is C14H15NO2S. The largest absolute Gasteiger partial charge is 0.497 e. The summed E-state index contributed by atoms with van der Waals surface area (Å²) in [6.45, 7) is 2.05. The fourth-order valence-electron chi connectivity index (χ4n) is 2.48. The molecule has 0 saturated carbocycles. The molecule has 0 radical (unpaired) electrons. The Morgan fingerprint density at radius 3 is 3.06 bits per heavy atom. The van der Waals surface area contributed by atoms with E-state index >= 15 is 0 Å². The van der Waals surface area contributed by atoms with Gasteiger partial charge in [0.05, 0.1) is 12.0 Å². The molecule has 1 aromatic rings. The summed E-state index contributed by atoms with van der Waals surface area (Å²) in [7, 11) is 1.66. The van der Waals surface area contributed by atoms with Crippen molar-refractivity contribution in [1.29, 1.82) is 0 Å². The normalized spacial score (nSPS) is 22.1. The first kappa shape index (κ1) is 11.7. The Morgan fingerprint density at radius 1 is 1.44 bits per heavy atom. The van der Waals surface area contributed by atoms with Crippen LogP contribution in [-0.2, 0) is 11.2 Å². The van der Waals surface area contributed by atoms with Crippen molar-refractivity contribution in [3.05, 3.63) is 34.2 Å². The average Bonchev–Trinajstić information content (AvgIpc) is 2.36. The maximum atomic E-state index is 12.0. The van der Waals surface area contributed by atoms with Crippen molar-refractivity contribution in [2.24, 2.45) is 0 Å². The van der Waals surface area contributed by atoms with Crippen LogP contribution in [0.15, 0.2) is 33.6 Å². The van der Waals surface area contributed by atoms with Crippen LogP contribution in [0, 0.1) is 0 Å². The lowest BCUT2D eigenvalue weighted by atomic mass is 9.95. The summed E-state index contributed by atoms with van der Waals surface area (Å²) >= 11 is 1.57. The van der Waals surface area contributed by atoms with Gasteiger partial charge in [0.25, 0.3) is 5.91 Å². The van der Waals surface area contributed by atoms with Crippen molar-refractivity contribution < 1.29 is 9.53 Å². The fraction of sp³-hybridized carbons (Fsp3) is 0.357. The fourth-order valence-corrected chi connectivity index (χ4v) is 3.59. The molecule has 0 saturated heterocycles. The zero-order valence-electron chi connectivity index (χ0n) is 10.4. The first-order valence-electron chi connectivity index (χ1n) is 6.05. The predicted octanol–water partition coefficient (Wildman–Crippen LogP) is 2.51. The van der Waals surface area contributed by atoms with Crippen LogP contribution in [0.5, 0.6) is 5.75 Å². The lowest BCUT2D eigenvalue weighted by Crippen LogP contribution is -2.38. The highest BCUT2D eigenvalue weighted by Gasteiger charge is 2.29.